The minimum Gasteiger partial charge on any atom is -0.503 e. The van der Waals surface area contributed by atoms with Gasteiger partial charge in [0.05, 0.1) is 0 Å². The summed E-state index contributed by atoms with van der Waals surface area (Å²) in [5.74, 6) is -2.49. The number of anilines is 3. The van der Waals surface area contributed by atoms with Gasteiger partial charge < -0.3 is 16.2 Å². The summed E-state index contributed by atoms with van der Waals surface area (Å²) in [6, 6.07) is 12.9. The van der Waals surface area contributed by atoms with Crippen molar-refractivity contribution in [3.8, 4) is 17.0 Å². The molecule has 4 N–H and O–H groups in total. The van der Waals surface area contributed by atoms with Crippen molar-refractivity contribution in [3.63, 3.8) is 0 Å². The largest absolute Gasteiger partial charge is 0.503 e. The topological polar surface area (TPSA) is 97.0 Å². The number of aromatic nitrogens is 3. The maximum atomic E-state index is 13.4. The van der Waals surface area contributed by atoms with Crippen molar-refractivity contribution in [1.82, 2.24) is 15.0 Å². The molecule has 0 aliphatic rings. The number of benzene rings is 2. The van der Waals surface area contributed by atoms with E-state index in [1.807, 2.05) is 18.2 Å². The molecule has 0 radical (unpaired) electrons. The van der Waals surface area contributed by atoms with Gasteiger partial charge in [0.25, 0.3) is 5.92 Å². The molecule has 0 amide bonds. The lowest BCUT2D eigenvalue weighted by Gasteiger charge is -2.13. The van der Waals surface area contributed by atoms with E-state index in [-0.39, 0.29) is 22.8 Å². The highest BCUT2D eigenvalue weighted by molar-refractivity contribution is 5.93. The Bertz CT molecular complexity index is 1190. The van der Waals surface area contributed by atoms with Gasteiger partial charge >= 0.3 is 0 Å². The second kappa shape index (κ2) is 6.97. The summed E-state index contributed by atoms with van der Waals surface area (Å²) in [5.41, 5.74) is 7.17. The molecule has 29 heavy (non-hydrogen) atoms. The van der Waals surface area contributed by atoms with Crippen LogP contribution in [-0.4, -0.2) is 20.1 Å². The molecule has 0 atom stereocenters. The first kappa shape index (κ1) is 18.5. The van der Waals surface area contributed by atoms with E-state index in [1.54, 1.807) is 12.3 Å². The van der Waals surface area contributed by atoms with E-state index in [4.69, 9.17) is 5.73 Å². The normalized spacial score (nSPS) is 11.6. The highest BCUT2D eigenvalue weighted by Gasteiger charge is 2.24. The second-order valence-electron chi connectivity index (χ2n) is 6.64. The van der Waals surface area contributed by atoms with Crippen LogP contribution < -0.4 is 11.1 Å². The van der Waals surface area contributed by atoms with Crippen molar-refractivity contribution in [2.75, 3.05) is 11.1 Å². The Kier molecular flexibility index (Phi) is 4.46. The number of aromatic hydroxyl groups is 1. The Balaban J connectivity index is 1.66. The van der Waals surface area contributed by atoms with Crippen LogP contribution in [0.3, 0.4) is 0 Å². The lowest BCUT2D eigenvalue weighted by Crippen LogP contribution is -2.06. The highest BCUT2D eigenvalue weighted by atomic mass is 19.3. The molecule has 2 aromatic carbocycles. The molecule has 4 rings (SSSR count). The standard InChI is InChI=1S/C21H17F2N5O/c1-21(22,23)14-4-2-12(3-5-14)17-18(29)20(27-11-26-17)28-15-6-7-16-13(10-15)8-9-25-19(16)24/h2-11,29H,1H3,(H2,24,25)(H,26,27,28). The molecule has 0 saturated carbocycles. The third-order valence-electron chi connectivity index (χ3n) is 4.55. The summed E-state index contributed by atoms with van der Waals surface area (Å²) in [4.78, 5) is 12.2. The number of alkyl halides is 2. The van der Waals surface area contributed by atoms with Crippen LogP contribution in [0, 0.1) is 0 Å². The minimum atomic E-state index is -2.94. The number of nitrogens with two attached hydrogens (primary N) is 1. The van der Waals surface area contributed by atoms with Crippen LogP contribution in [0.4, 0.5) is 26.1 Å². The molecular weight excluding hydrogens is 376 g/mol. The van der Waals surface area contributed by atoms with E-state index in [0.29, 0.717) is 17.1 Å². The Labute approximate surface area is 165 Å². The van der Waals surface area contributed by atoms with E-state index in [2.05, 4.69) is 20.3 Å². The summed E-state index contributed by atoms with van der Waals surface area (Å²) in [5, 5.41) is 15.4. The van der Waals surface area contributed by atoms with E-state index >= 15 is 0 Å². The maximum absolute atomic E-state index is 13.4. The first-order valence-electron chi connectivity index (χ1n) is 8.77. The van der Waals surface area contributed by atoms with Gasteiger partial charge in [0.15, 0.2) is 11.6 Å². The van der Waals surface area contributed by atoms with Gasteiger partial charge in [0, 0.05) is 35.3 Å². The number of nitrogens with zero attached hydrogens (tertiary/aromatic N) is 3. The molecule has 4 aromatic rings. The average molecular weight is 393 g/mol. The molecule has 2 heterocycles. The van der Waals surface area contributed by atoms with Gasteiger partial charge in [-0.25, -0.2) is 23.7 Å². The summed E-state index contributed by atoms with van der Waals surface area (Å²) in [6.07, 6.45) is 2.91. The van der Waals surface area contributed by atoms with Crippen molar-refractivity contribution in [2.24, 2.45) is 0 Å². The van der Waals surface area contributed by atoms with Crippen LogP contribution in [0.25, 0.3) is 22.0 Å². The summed E-state index contributed by atoms with van der Waals surface area (Å²) >= 11 is 0. The predicted octanol–water partition coefficient (Wildman–Crippen LogP) is 4.83. The molecule has 0 fully saturated rings. The zero-order valence-corrected chi connectivity index (χ0v) is 15.4. The third kappa shape index (κ3) is 3.64. The zero-order valence-electron chi connectivity index (χ0n) is 15.4. The van der Waals surface area contributed by atoms with Crippen LogP contribution in [0.1, 0.15) is 12.5 Å². The number of hydrogen-bond acceptors (Lipinski definition) is 6. The van der Waals surface area contributed by atoms with Crippen molar-refractivity contribution in [2.45, 2.75) is 12.8 Å². The van der Waals surface area contributed by atoms with Crippen LogP contribution in [0.2, 0.25) is 0 Å². The molecule has 0 saturated heterocycles. The smallest absolute Gasteiger partial charge is 0.270 e. The van der Waals surface area contributed by atoms with Crippen LogP contribution in [0.15, 0.2) is 61.1 Å². The number of nitrogens with one attached hydrogen (secondary N) is 1. The first-order valence-corrected chi connectivity index (χ1v) is 8.77. The van der Waals surface area contributed by atoms with E-state index < -0.39 is 5.92 Å². The monoisotopic (exact) mass is 393 g/mol. The number of rotatable bonds is 4. The van der Waals surface area contributed by atoms with Crippen molar-refractivity contribution < 1.29 is 13.9 Å². The van der Waals surface area contributed by atoms with Crippen molar-refractivity contribution in [1.29, 1.82) is 0 Å². The number of fused-ring (bicyclic) bond motifs is 1. The number of nitrogen functional groups attached to an aromatic ring is 1. The summed E-state index contributed by atoms with van der Waals surface area (Å²) < 4.78 is 26.8. The van der Waals surface area contributed by atoms with Gasteiger partial charge in [-0.15, -0.1) is 0 Å². The quantitative estimate of drug-likeness (QED) is 0.459. The van der Waals surface area contributed by atoms with Gasteiger partial charge in [-0.3, -0.25) is 0 Å². The van der Waals surface area contributed by atoms with Gasteiger partial charge in [-0.2, -0.15) is 0 Å². The lowest BCUT2D eigenvalue weighted by atomic mass is 10.0. The summed E-state index contributed by atoms with van der Waals surface area (Å²) in [7, 11) is 0. The molecule has 0 aliphatic heterocycles. The van der Waals surface area contributed by atoms with Gasteiger partial charge in [-0.1, -0.05) is 24.3 Å². The van der Waals surface area contributed by atoms with E-state index in [9.17, 15) is 13.9 Å². The highest BCUT2D eigenvalue weighted by Crippen LogP contribution is 2.35. The summed E-state index contributed by atoms with van der Waals surface area (Å²) in [6.45, 7) is 0.833. The molecule has 0 bridgehead atoms. The number of halogens is 2. The Morgan fingerprint density at radius 2 is 1.76 bits per heavy atom. The van der Waals surface area contributed by atoms with Gasteiger partial charge in [0.1, 0.15) is 17.8 Å². The van der Waals surface area contributed by atoms with Crippen LogP contribution in [0.5, 0.6) is 5.75 Å². The maximum Gasteiger partial charge on any atom is 0.270 e. The predicted molar refractivity (Wildman–Crippen MR) is 108 cm³/mol. The fourth-order valence-corrected chi connectivity index (χ4v) is 3.02. The molecule has 0 spiro atoms. The SMILES string of the molecule is CC(F)(F)c1ccc(-c2ncnc(Nc3ccc4c(N)nccc4c3)c2O)cc1. The Morgan fingerprint density at radius 3 is 2.48 bits per heavy atom. The molecular formula is C21H17F2N5O. The van der Waals surface area contributed by atoms with Crippen LogP contribution >= 0.6 is 0 Å². The van der Waals surface area contributed by atoms with Crippen molar-refractivity contribution in [3.05, 3.63) is 66.6 Å². The Morgan fingerprint density at radius 1 is 1.00 bits per heavy atom. The average Bonchev–Trinajstić information content (AvgIpc) is 2.69. The Hall–Kier alpha value is -3.81. The molecule has 146 valence electrons. The van der Waals surface area contributed by atoms with Crippen molar-refractivity contribution >= 4 is 28.1 Å². The van der Waals surface area contributed by atoms with E-state index in [1.165, 1.54) is 30.6 Å². The minimum absolute atomic E-state index is 0.113. The fourth-order valence-electron chi connectivity index (χ4n) is 3.02. The molecule has 0 unspecified atom stereocenters. The van der Waals surface area contributed by atoms with E-state index in [0.717, 1.165) is 17.7 Å². The lowest BCUT2D eigenvalue weighted by molar-refractivity contribution is 0.0175. The third-order valence-corrected chi connectivity index (χ3v) is 4.55. The van der Waals surface area contributed by atoms with Gasteiger partial charge in [-0.05, 0) is 29.7 Å². The molecule has 6 nitrogen and oxygen atoms in total. The molecule has 8 heteroatoms. The molecule has 2 aromatic heterocycles. The second-order valence-corrected chi connectivity index (χ2v) is 6.64. The zero-order chi connectivity index (χ0) is 20.6. The number of pyridine rings is 1. The van der Waals surface area contributed by atoms with Gasteiger partial charge in [0.2, 0.25) is 0 Å². The fraction of sp³-hybridized carbons (Fsp3) is 0.0952. The molecule has 0 aliphatic carbocycles. The first-order chi connectivity index (χ1) is 13.8. The van der Waals surface area contributed by atoms with Crippen LogP contribution in [-0.2, 0) is 5.92 Å². The number of hydrogen-bond donors (Lipinski definition) is 3.